The number of hydrogen-bond donors (Lipinski definition) is 3. The van der Waals surface area contributed by atoms with Crippen molar-refractivity contribution in [3.8, 4) is 6.07 Å². The molecule has 0 saturated heterocycles. The van der Waals surface area contributed by atoms with E-state index in [1.54, 1.807) is 18.3 Å². The largest absolute Gasteiger partial charge is 0.376 e. The van der Waals surface area contributed by atoms with Crippen molar-refractivity contribution in [1.29, 1.82) is 5.26 Å². The van der Waals surface area contributed by atoms with E-state index in [2.05, 4.69) is 37.1 Å². The summed E-state index contributed by atoms with van der Waals surface area (Å²) in [7, 11) is 0. The number of aromatic amines is 1. The van der Waals surface area contributed by atoms with E-state index in [-0.39, 0.29) is 33.2 Å². The molecule has 0 aliphatic carbocycles. The Morgan fingerprint density at radius 2 is 1.82 bits per heavy atom. The van der Waals surface area contributed by atoms with E-state index < -0.39 is 17.7 Å². The Balaban J connectivity index is 1.64. The van der Waals surface area contributed by atoms with Crippen LogP contribution < -0.4 is 10.6 Å². The van der Waals surface area contributed by atoms with Crippen molar-refractivity contribution >= 4 is 33.9 Å². The fraction of sp³-hybridized carbons (Fsp3) is 0.143. The monoisotopic (exact) mass is 529 g/mol. The van der Waals surface area contributed by atoms with Crippen LogP contribution in [0.2, 0.25) is 5.02 Å². The molecule has 0 saturated carbocycles. The third-order valence-corrected chi connectivity index (χ3v) is 6.60. The normalized spacial score (nSPS) is 12.6. The minimum atomic E-state index is -0.673. The van der Waals surface area contributed by atoms with Gasteiger partial charge in [-0.25, -0.2) is 8.78 Å². The molecule has 10 heteroatoms. The molecule has 0 unspecified atom stereocenters. The van der Waals surface area contributed by atoms with Crippen LogP contribution in [-0.2, 0) is 0 Å². The van der Waals surface area contributed by atoms with Crippen LogP contribution in [0.15, 0.2) is 73.1 Å². The van der Waals surface area contributed by atoms with Gasteiger partial charge in [-0.1, -0.05) is 66.2 Å². The summed E-state index contributed by atoms with van der Waals surface area (Å²) >= 11 is 6.60. The molecule has 2 aromatic heterocycles. The Bertz CT molecular complexity index is 1600. The quantitative estimate of drug-likeness (QED) is 0.201. The van der Waals surface area contributed by atoms with Crippen LogP contribution in [0.4, 0.5) is 20.2 Å². The summed E-state index contributed by atoms with van der Waals surface area (Å²) in [6.07, 6.45) is 3.64. The Hall–Kier alpha value is -4.55. The van der Waals surface area contributed by atoms with Crippen LogP contribution in [0.1, 0.15) is 47.8 Å². The number of anilines is 2. The van der Waals surface area contributed by atoms with Crippen molar-refractivity contribution in [3.63, 3.8) is 0 Å². The van der Waals surface area contributed by atoms with Crippen LogP contribution in [0.3, 0.4) is 0 Å². The molecular weight excluding hydrogens is 508 g/mol. The Morgan fingerprint density at radius 3 is 2.47 bits per heavy atom. The second kappa shape index (κ2) is 10.8. The van der Waals surface area contributed by atoms with Gasteiger partial charge in [0.1, 0.15) is 17.6 Å². The highest BCUT2D eigenvalue weighted by atomic mass is 35.5. The summed E-state index contributed by atoms with van der Waals surface area (Å²) in [5.41, 5.74) is 2.86. The molecule has 38 heavy (non-hydrogen) atoms. The lowest BCUT2D eigenvalue weighted by atomic mass is 10.0. The van der Waals surface area contributed by atoms with Gasteiger partial charge in [-0.3, -0.25) is 10.1 Å². The highest BCUT2D eigenvalue weighted by molar-refractivity contribution is 6.36. The number of nitrogens with one attached hydrogen (secondary N) is 3. The van der Waals surface area contributed by atoms with Crippen LogP contribution in [-0.4, -0.2) is 20.4 Å². The number of pyridine rings is 1. The third-order valence-electron chi connectivity index (χ3n) is 6.32. The minimum Gasteiger partial charge on any atom is -0.376 e. The molecule has 2 heterocycles. The van der Waals surface area contributed by atoms with Gasteiger partial charge < -0.3 is 10.6 Å². The number of rotatable bonds is 8. The molecule has 0 aliphatic rings. The second-order valence-corrected chi connectivity index (χ2v) is 9.05. The van der Waals surface area contributed by atoms with Gasteiger partial charge in [0.15, 0.2) is 5.82 Å². The summed E-state index contributed by atoms with van der Waals surface area (Å²) < 4.78 is 30.0. The minimum absolute atomic E-state index is 0.0625. The van der Waals surface area contributed by atoms with Crippen LogP contribution >= 0.6 is 11.6 Å². The zero-order valence-corrected chi connectivity index (χ0v) is 21.0. The molecule has 0 bridgehead atoms. The average Bonchev–Trinajstić information content (AvgIpc) is 3.48. The van der Waals surface area contributed by atoms with Gasteiger partial charge in [0.25, 0.3) is 0 Å². The number of H-pyrrole nitrogens is 1. The van der Waals surface area contributed by atoms with E-state index in [4.69, 9.17) is 11.6 Å². The van der Waals surface area contributed by atoms with Gasteiger partial charge in [-0.2, -0.15) is 5.26 Å². The van der Waals surface area contributed by atoms with E-state index >= 15 is 4.39 Å². The van der Waals surface area contributed by atoms with Crippen molar-refractivity contribution in [3.05, 3.63) is 112 Å². The molecule has 0 aliphatic heterocycles. The maximum Gasteiger partial charge on any atom is 0.157 e. The molecule has 2 atom stereocenters. The lowest BCUT2D eigenvalue weighted by Crippen LogP contribution is -2.15. The predicted octanol–water partition coefficient (Wildman–Crippen LogP) is 6.92. The van der Waals surface area contributed by atoms with Crippen LogP contribution in [0.5, 0.6) is 0 Å². The second-order valence-electron chi connectivity index (χ2n) is 8.65. The molecule has 0 spiro atoms. The van der Waals surface area contributed by atoms with Crippen LogP contribution in [0.25, 0.3) is 10.9 Å². The van der Waals surface area contributed by atoms with Crippen molar-refractivity contribution in [2.24, 2.45) is 0 Å². The Kier molecular flexibility index (Phi) is 7.15. The standard InChI is InChI=1S/C28H22ClF2N7/c1-2-21(16-6-4-3-5-7-16)35-27-18(13-32)14-33-28-20(29)12-22(25(31)24(27)28)36-26(23-15-34-38-37-23)17-8-10-19(30)11-9-17/h3-12,14-15,21,26,36H,2H2,1H3,(H,33,35)(H,34,37,38)/t21-,26+/m1/s1. The molecule has 190 valence electrons. The molecule has 5 rings (SSSR count). The van der Waals surface area contributed by atoms with E-state index in [1.807, 2.05) is 37.3 Å². The maximum atomic E-state index is 16.4. The van der Waals surface area contributed by atoms with Crippen molar-refractivity contribution in [2.45, 2.75) is 25.4 Å². The molecule has 3 N–H and O–H groups in total. The Labute approximate surface area is 222 Å². The van der Waals surface area contributed by atoms with Gasteiger partial charge >= 0.3 is 0 Å². The summed E-state index contributed by atoms with van der Waals surface area (Å²) in [5.74, 6) is -1.04. The van der Waals surface area contributed by atoms with E-state index in [0.717, 1.165) is 5.56 Å². The highest BCUT2D eigenvalue weighted by Gasteiger charge is 2.24. The molecule has 0 fully saturated rings. The SMILES string of the molecule is CC[C@@H](Nc1c(C#N)cnc2c(Cl)cc(N[C@@H](c3ccc(F)cc3)c3c[nH]nn3)c(F)c12)c1ccccc1. The third kappa shape index (κ3) is 4.86. The number of nitriles is 1. The highest BCUT2D eigenvalue weighted by Crippen LogP contribution is 2.39. The summed E-state index contributed by atoms with van der Waals surface area (Å²) in [4.78, 5) is 4.29. The fourth-order valence-corrected chi connectivity index (χ4v) is 4.66. The van der Waals surface area contributed by atoms with Gasteiger partial charge in [-0.15, -0.1) is 5.10 Å². The van der Waals surface area contributed by atoms with E-state index in [9.17, 15) is 9.65 Å². The first-order valence-electron chi connectivity index (χ1n) is 11.9. The molecular formula is C28H22ClF2N7. The van der Waals surface area contributed by atoms with Gasteiger partial charge in [0.2, 0.25) is 0 Å². The molecule has 5 aromatic rings. The predicted molar refractivity (Wildman–Crippen MR) is 143 cm³/mol. The fourth-order valence-electron chi connectivity index (χ4n) is 4.41. The first-order valence-corrected chi connectivity index (χ1v) is 12.3. The molecule has 0 amide bonds. The maximum absolute atomic E-state index is 16.4. The van der Waals surface area contributed by atoms with Crippen LogP contribution in [0, 0.1) is 23.0 Å². The number of benzene rings is 3. The van der Waals surface area contributed by atoms with E-state index in [0.29, 0.717) is 23.4 Å². The van der Waals surface area contributed by atoms with Gasteiger partial charge in [-0.05, 0) is 35.7 Å². The average molecular weight is 530 g/mol. The number of halogens is 3. The first kappa shape index (κ1) is 25.1. The zero-order valence-electron chi connectivity index (χ0n) is 20.2. The summed E-state index contributed by atoms with van der Waals surface area (Å²) in [6, 6.07) is 18.2. The van der Waals surface area contributed by atoms with E-state index in [1.165, 1.54) is 24.4 Å². The van der Waals surface area contributed by atoms with Gasteiger partial charge in [0.05, 0.1) is 44.9 Å². The molecule has 0 radical (unpaired) electrons. The van der Waals surface area contributed by atoms with Crippen molar-refractivity contribution in [1.82, 2.24) is 20.4 Å². The van der Waals surface area contributed by atoms with Crippen molar-refractivity contribution in [2.75, 3.05) is 10.6 Å². The lowest BCUT2D eigenvalue weighted by molar-refractivity contribution is 0.626. The van der Waals surface area contributed by atoms with Gasteiger partial charge in [0, 0.05) is 12.4 Å². The molecule has 3 aromatic carbocycles. The number of fused-ring (bicyclic) bond motifs is 1. The number of aromatic nitrogens is 4. The number of nitrogens with zero attached hydrogens (tertiary/aromatic N) is 4. The first-order chi connectivity index (χ1) is 18.5. The topological polar surface area (TPSA) is 102 Å². The number of hydrogen-bond acceptors (Lipinski definition) is 6. The zero-order chi connectivity index (χ0) is 26.6. The smallest absolute Gasteiger partial charge is 0.157 e. The summed E-state index contributed by atoms with van der Waals surface area (Å²) in [5, 5.41) is 27.1. The molecule has 7 nitrogen and oxygen atoms in total. The van der Waals surface area contributed by atoms with Crippen molar-refractivity contribution < 1.29 is 8.78 Å². The Morgan fingerprint density at radius 1 is 1.05 bits per heavy atom. The summed E-state index contributed by atoms with van der Waals surface area (Å²) in [6.45, 7) is 2.00. The lowest BCUT2D eigenvalue weighted by Gasteiger charge is -2.23.